The maximum Gasteiger partial charge on any atom is 0.306 e. The van der Waals surface area contributed by atoms with E-state index in [4.69, 9.17) is 19.2 Å². The molecule has 0 bridgehead atoms. The topological polar surface area (TPSA) is 299 Å². The summed E-state index contributed by atoms with van der Waals surface area (Å²) in [7, 11) is 0. The van der Waals surface area contributed by atoms with Crippen LogP contribution in [0.5, 0.6) is 11.9 Å². The molecule has 2 heterocycles. The van der Waals surface area contributed by atoms with E-state index in [0.717, 1.165) is 95.8 Å². The van der Waals surface area contributed by atoms with Gasteiger partial charge in [0.05, 0.1) is 13.1 Å². The summed E-state index contributed by atoms with van der Waals surface area (Å²) in [4.78, 5) is 86.2. The van der Waals surface area contributed by atoms with Gasteiger partial charge in [0.2, 0.25) is 17.7 Å². The van der Waals surface area contributed by atoms with Crippen molar-refractivity contribution in [2.24, 2.45) is 0 Å². The Morgan fingerprint density at radius 2 is 1.00 bits per heavy atom. The van der Waals surface area contributed by atoms with Crippen LogP contribution in [-0.4, -0.2) is 149 Å². The largest absolute Gasteiger partial charge is 0.492 e. The molecule has 0 fully saturated rings. The lowest BCUT2D eigenvalue weighted by atomic mass is 10.0. The number of ether oxygens (including phenoxy) is 2. The van der Waals surface area contributed by atoms with Gasteiger partial charge >= 0.3 is 11.9 Å². The number of unbranched alkanes of at least 4 members (excludes halogenated alkanes) is 26. The lowest BCUT2D eigenvalue weighted by Crippen LogP contribution is -2.39. The molecule has 0 spiro atoms. The average molecular weight is 1250 g/mol. The molecule has 2 unspecified atom stereocenters. The van der Waals surface area contributed by atoms with Gasteiger partial charge in [0.15, 0.2) is 23.4 Å². The predicted octanol–water partition coefficient (Wildman–Crippen LogP) is 10.9. The molecule has 0 aliphatic carbocycles. The summed E-state index contributed by atoms with van der Waals surface area (Å²) in [6, 6.07) is 6.38. The first-order chi connectivity index (χ1) is 43.4. The number of carbonyl (C=O) groups is 5. The van der Waals surface area contributed by atoms with Crippen LogP contribution in [0.25, 0.3) is 11.2 Å². The Balaban J connectivity index is 1.20. The van der Waals surface area contributed by atoms with Crippen LogP contribution >= 0.6 is 0 Å². The Bertz CT molecular complexity index is 2330. The Hall–Kier alpha value is -5.68. The number of aromatic nitrogens is 4. The number of hydrogen-bond donors (Lipinski definition) is 9. The number of rotatable bonds is 59. The number of aromatic hydroxyl groups is 2. The fourth-order valence-corrected chi connectivity index (χ4v) is 10.1. The summed E-state index contributed by atoms with van der Waals surface area (Å²) >= 11 is 0. The minimum absolute atomic E-state index is 0.0780. The fraction of sp³-hybridized carbons (Fsp3) is 0.761. The van der Waals surface area contributed by atoms with E-state index >= 15 is 0 Å². The molecular weight excluding hydrogens is 1140 g/mol. The van der Waals surface area contributed by atoms with E-state index in [0.29, 0.717) is 51.0 Å². The third-order valence-electron chi connectivity index (χ3n) is 15.5. The minimum atomic E-state index is -1.48. The highest BCUT2D eigenvalue weighted by Gasteiger charge is 2.21. The van der Waals surface area contributed by atoms with Crippen LogP contribution in [0.4, 0.5) is 5.95 Å². The highest BCUT2D eigenvalue weighted by atomic mass is 17.2. The van der Waals surface area contributed by atoms with Crippen molar-refractivity contribution in [3.63, 3.8) is 0 Å². The van der Waals surface area contributed by atoms with Crippen LogP contribution in [0, 0.1) is 0 Å². The fourth-order valence-electron chi connectivity index (χ4n) is 10.1. The smallest absolute Gasteiger partial charge is 0.306 e. The normalized spacial score (nSPS) is 12.0. The van der Waals surface area contributed by atoms with E-state index in [1.807, 2.05) is 0 Å². The molecule has 3 aromatic rings. The van der Waals surface area contributed by atoms with Gasteiger partial charge in [0.1, 0.15) is 19.8 Å². The number of carbonyl (C=O) groups excluding carboxylic acids is 5. The van der Waals surface area contributed by atoms with E-state index < -0.39 is 36.6 Å². The number of imidazole rings is 1. The summed E-state index contributed by atoms with van der Waals surface area (Å²) in [5, 5.41) is 49.3. The van der Waals surface area contributed by atoms with Gasteiger partial charge in [-0.2, -0.15) is 15.0 Å². The molecule has 9 N–H and O–H groups in total. The first-order valence-electron chi connectivity index (χ1n) is 34.5. The van der Waals surface area contributed by atoms with Crippen molar-refractivity contribution >= 4 is 46.8 Å². The third-order valence-corrected chi connectivity index (χ3v) is 15.5. The molecule has 89 heavy (non-hydrogen) atoms. The number of aliphatic hydroxyl groups excluding tert-OH is 1. The monoisotopic (exact) mass is 1250 g/mol. The molecular formula is C67H116N10O12. The minimum Gasteiger partial charge on any atom is -0.492 e. The highest BCUT2D eigenvalue weighted by Crippen LogP contribution is 2.27. The van der Waals surface area contributed by atoms with Gasteiger partial charge in [-0.15, -0.1) is 0 Å². The lowest BCUT2D eigenvalue weighted by Gasteiger charge is -2.18. The van der Waals surface area contributed by atoms with E-state index in [2.05, 4.69) is 67.6 Å². The van der Waals surface area contributed by atoms with E-state index in [1.54, 1.807) is 24.3 Å². The summed E-state index contributed by atoms with van der Waals surface area (Å²) in [5.41, 5.74) is 1.45. The molecule has 22 nitrogen and oxygen atoms in total. The number of hydrogen-bond acceptors (Lipinski definition) is 18. The molecule has 506 valence electrons. The quantitative estimate of drug-likeness (QED) is 0.0110. The molecule has 0 radical (unpaired) electrons. The number of anilines is 1. The predicted molar refractivity (Wildman–Crippen MR) is 350 cm³/mol. The Morgan fingerprint density at radius 1 is 0.506 bits per heavy atom. The van der Waals surface area contributed by atoms with Gasteiger partial charge in [-0.05, 0) is 88.8 Å². The van der Waals surface area contributed by atoms with Crippen molar-refractivity contribution in [2.75, 3.05) is 77.5 Å². The molecule has 3 amide bonds. The highest BCUT2D eigenvalue weighted by molar-refractivity contribution is 5.96. The number of aliphatic hydroxyl groups is 1. The second-order valence-corrected chi connectivity index (χ2v) is 23.6. The van der Waals surface area contributed by atoms with Gasteiger partial charge in [-0.1, -0.05) is 193 Å². The number of fused-ring (bicyclic) bond motifs is 1. The van der Waals surface area contributed by atoms with E-state index in [1.165, 1.54) is 127 Å². The standard InChI is InChI=1S/C67H116N10O12/c1-4-7-10-12-14-16-18-20-22-24-26-28-30-36-59(80)86-51-56(89-60(81)37-31-29-27-25-23-21-19-17-15-13-11-8-5-2)52-87-88-53-57(78)64(83)71-48-35-45-69-43-33-32-42-68-44-34-47-70-58(79)49-73-63(82)55-40-38-54(39-41-55)50-77-62-61(74-67(77)85)65(84)76-66(75-62)72-46-9-6-3/h38-41,56-57,68-69,78H,4-37,42-53H2,1-3H3,(H,70,79)(H,71,83)(H,73,82)(H,74,85)(H2,72,75,76,84). The summed E-state index contributed by atoms with van der Waals surface area (Å²) in [5.74, 6) is -2.15. The maximum atomic E-state index is 12.9. The Kier molecular flexibility index (Phi) is 45.3. The summed E-state index contributed by atoms with van der Waals surface area (Å²) in [6.45, 7) is 10.2. The van der Waals surface area contributed by atoms with Gasteiger partial charge in [-0.3, -0.25) is 28.5 Å². The zero-order chi connectivity index (χ0) is 64.2. The van der Waals surface area contributed by atoms with Crippen LogP contribution in [0.3, 0.4) is 0 Å². The van der Waals surface area contributed by atoms with Crippen LogP contribution in [0.2, 0.25) is 0 Å². The van der Waals surface area contributed by atoms with Crippen molar-refractivity contribution in [1.82, 2.24) is 46.1 Å². The molecule has 0 saturated carbocycles. The molecule has 2 atom stereocenters. The van der Waals surface area contributed by atoms with Gasteiger partial charge in [0.25, 0.3) is 17.8 Å². The molecule has 2 aromatic heterocycles. The first kappa shape index (κ1) is 77.6. The van der Waals surface area contributed by atoms with Gasteiger partial charge in [0, 0.05) is 38.0 Å². The second kappa shape index (κ2) is 52.0. The molecule has 22 heteroatoms. The summed E-state index contributed by atoms with van der Waals surface area (Å²) in [6.07, 6.45) is 34.7. The third kappa shape index (κ3) is 38.6. The molecule has 3 rings (SSSR count). The van der Waals surface area contributed by atoms with Crippen molar-refractivity contribution < 1.29 is 58.5 Å². The average Bonchev–Trinajstić information content (AvgIpc) is 2.05. The Morgan fingerprint density at radius 3 is 1.55 bits per heavy atom. The first-order valence-corrected chi connectivity index (χ1v) is 34.5. The van der Waals surface area contributed by atoms with E-state index in [-0.39, 0.29) is 73.6 Å². The maximum absolute atomic E-state index is 12.9. The van der Waals surface area contributed by atoms with Crippen molar-refractivity contribution in [3.05, 3.63) is 35.4 Å². The van der Waals surface area contributed by atoms with E-state index in [9.17, 15) is 39.3 Å². The molecule has 1 aromatic carbocycles. The molecule has 0 aliphatic rings. The molecule has 0 saturated heterocycles. The van der Waals surface area contributed by atoms with Crippen LogP contribution in [0.15, 0.2) is 24.3 Å². The number of nitrogens with one attached hydrogen (secondary N) is 6. The lowest BCUT2D eigenvalue weighted by molar-refractivity contribution is -0.314. The number of amides is 3. The second-order valence-electron chi connectivity index (χ2n) is 23.6. The van der Waals surface area contributed by atoms with Crippen LogP contribution in [-0.2, 0) is 45.0 Å². The Labute approximate surface area is 532 Å². The van der Waals surface area contributed by atoms with Crippen molar-refractivity contribution in [2.45, 2.75) is 258 Å². The number of nitrogens with zero attached hydrogens (tertiary/aromatic N) is 4. The van der Waals surface area contributed by atoms with Crippen LogP contribution in [0.1, 0.15) is 255 Å². The molecule has 0 aliphatic heterocycles. The van der Waals surface area contributed by atoms with Gasteiger partial charge in [-0.25, -0.2) is 9.78 Å². The zero-order valence-electron chi connectivity index (χ0n) is 54.8. The summed E-state index contributed by atoms with van der Waals surface area (Å²) < 4.78 is 12.6. The van der Waals surface area contributed by atoms with Crippen molar-refractivity contribution in [1.29, 1.82) is 0 Å². The van der Waals surface area contributed by atoms with Crippen LogP contribution < -0.4 is 31.9 Å². The SMILES string of the molecule is CCCCCCCCCCCCCCCC(=O)OCC(COOCC(O)C(=O)NCCCNCCCCNCCCNC(=O)CNC(=O)c1ccc(Cn2c(O)nc3c(O)nc(NCCCC)nc32)cc1)OC(=O)CCCCCCCCCCCCCCC. The number of esters is 2. The van der Waals surface area contributed by atoms with Gasteiger partial charge < -0.3 is 56.7 Å². The number of benzene rings is 1. The van der Waals surface area contributed by atoms with Crippen molar-refractivity contribution in [3.8, 4) is 11.9 Å². The zero-order valence-corrected chi connectivity index (χ0v) is 54.8.